The summed E-state index contributed by atoms with van der Waals surface area (Å²) in [5.41, 5.74) is 1.99. The molecule has 1 fully saturated rings. The molecule has 2 aromatic rings. The summed E-state index contributed by atoms with van der Waals surface area (Å²) in [6.45, 7) is 3.48. The lowest BCUT2D eigenvalue weighted by molar-refractivity contribution is 0.0964. The number of fused-ring (bicyclic) bond motifs is 1. The van der Waals surface area contributed by atoms with Gasteiger partial charge in [-0.3, -0.25) is 0 Å². The average Bonchev–Trinajstić information content (AvgIpc) is 3.53. The predicted molar refractivity (Wildman–Crippen MR) is 152 cm³/mol. The lowest BCUT2D eigenvalue weighted by Crippen LogP contribution is -2.37. The molecule has 0 spiro atoms. The van der Waals surface area contributed by atoms with Gasteiger partial charge in [0.05, 0.1) is 6.61 Å². The molecule has 0 unspecified atom stereocenters. The standard InChI is InChI=1S/C32H47FN2O2/c1-2-3-4-5-6-7-8-9-10-11-12-13-14-15-16-17-23-37-32(36)35-22-18-19-29(35)24-27-26-34-31-21-20-28(33)25-30(27)31/h6-7,9-10,20-21,25-26,29,34H,2-5,8,11-19,22-24H2,1H3/b7-6-,10-9-/t29-/m1/s1. The molecule has 1 N–H and O–H groups in total. The van der Waals surface area contributed by atoms with Gasteiger partial charge in [0.25, 0.3) is 0 Å². The number of nitrogens with zero attached hydrogens (tertiary/aromatic N) is 1. The van der Waals surface area contributed by atoms with E-state index in [-0.39, 0.29) is 18.0 Å². The number of unbranched alkanes of at least 4 members (excludes halogenated alkanes) is 9. The number of halogens is 1. The monoisotopic (exact) mass is 510 g/mol. The molecule has 37 heavy (non-hydrogen) atoms. The highest BCUT2D eigenvalue weighted by molar-refractivity contribution is 5.83. The van der Waals surface area contributed by atoms with Crippen molar-refractivity contribution in [3.8, 4) is 0 Å². The van der Waals surface area contributed by atoms with Gasteiger partial charge in [-0.15, -0.1) is 0 Å². The van der Waals surface area contributed by atoms with E-state index < -0.39 is 0 Å². The van der Waals surface area contributed by atoms with Gasteiger partial charge in [-0.05, 0) is 81.5 Å². The number of benzene rings is 1. The molecule has 1 aliphatic rings. The van der Waals surface area contributed by atoms with Gasteiger partial charge >= 0.3 is 6.09 Å². The van der Waals surface area contributed by atoms with E-state index in [0.717, 1.165) is 61.5 Å². The summed E-state index contributed by atoms with van der Waals surface area (Å²) in [4.78, 5) is 17.8. The van der Waals surface area contributed by atoms with E-state index in [9.17, 15) is 9.18 Å². The molecule has 1 saturated heterocycles. The van der Waals surface area contributed by atoms with Gasteiger partial charge in [-0.2, -0.15) is 0 Å². The van der Waals surface area contributed by atoms with Crippen LogP contribution in [0.4, 0.5) is 9.18 Å². The SMILES string of the molecule is CCCCC/C=C\C/C=C\CCCCCCCCOC(=O)N1CCC[C@@H]1Cc1c[nH]c2ccc(F)cc12. The molecule has 0 radical (unpaired) electrons. The van der Waals surface area contributed by atoms with Crippen molar-refractivity contribution in [2.75, 3.05) is 13.2 Å². The first-order valence-electron chi connectivity index (χ1n) is 14.7. The molecule has 0 aliphatic carbocycles. The Bertz CT molecular complexity index is 980. The van der Waals surface area contributed by atoms with Crippen molar-refractivity contribution in [1.82, 2.24) is 9.88 Å². The molecule has 0 saturated carbocycles. The van der Waals surface area contributed by atoms with Crippen molar-refractivity contribution in [3.63, 3.8) is 0 Å². The summed E-state index contributed by atoms with van der Waals surface area (Å²) >= 11 is 0. The van der Waals surface area contributed by atoms with Crippen LogP contribution >= 0.6 is 0 Å². The van der Waals surface area contributed by atoms with Crippen molar-refractivity contribution in [2.45, 2.75) is 109 Å². The maximum Gasteiger partial charge on any atom is 0.410 e. The Labute approximate surface area is 223 Å². The van der Waals surface area contributed by atoms with Crippen LogP contribution in [-0.4, -0.2) is 35.2 Å². The fourth-order valence-corrected chi connectivity index (χ4v) is 5.19. The Morgan fingerprint density at radius 1 is 1.03 bits per heavy atom. The third kappa shape index (κ3) is 10.4. The predicted octanol–water partition coefficient (Wildman–Crippen LogP) is 9.26. The summed E-state index contributed by atoms with van der Waals surface area (Å²) in [6, 6.07) is 4.92. The molecule has 2 heterocycles. The smallest absolute Gasteiger partial charge is 0.410 e. The van der Waals surface area contributed by atoms with Gasteiger partial charge in [0.15, 0.2) is 0 Å². The van der Waals surface area contributed by atoms with Gasteiger partial charge < -0.3 is 14.6 Å². The third-order valence-corrected chi connectivity index (χ3v) is 7.37. The summed E-state index contributed by atoms with van der Waals surface area (Å²) in [5, 5.41) is 0.904. The number of hydrogen-bond donors (Lipinski definition) is 1. The molecule has 5 heteroatoms. The van der Waals surface area contributed by atoms with Crippen LogP contribution in [0.3, 0.4) is 0 Å². The lowest BCUT2D eigenvalue weighted by atomic mass is 10.0. The van der Waals surface area contributed by atoms with Crippen LogP contribution in [0.5, 0.6) is 0 Å². The highest BCUT2D eigenvalue weighted by atomic mass is 19.1. The Morgan fingerprint density at radius 2 is 1.76 bits per heavy atom. The van der Waals surface area contributed by atoms with Gasteiger partial charge in [-0.1, -0.05) is 69.8 Å². The zero-order valence-electron chi connectivity index (χ0n) is 22.9. The van der Waals surface area contributed by atoms with Crippen molar-refractivity contribution < 1.29 is 13.9 Å². The number of allylic oxidation sites excluding steroid dienone is 4. The lowest BCUT2D eigenvalue weighted by Gasteiger charge is -2.24. The van der Waals surface area contributed by atoms with Crippen molar-refractivity contribution >= 4 is 17.0 Å². The van der Waals surface area contributed by atoms with E-state index >= 15 is 0 Å². The number of hydrogen-bond acceptors (Lipinski definition) is 2. The molecule has 1 aromatic carbocycles. The highest BCUT2D eigenvalue weighted by Gasteiger charge is 2.30. The first kappa shape index (κ1) is 29.0. The zero-order valence-corrected chi connectivity index (χ0v) is 22.9. The highest BCUT2D eigenvalue weighted by Crippen LogP contribution is 2.26. The van der Waals surface area contributed by atoms with Crippen LogP contribution in [0.25, 0.3) is 10.9 Å². The third-order valence-electron chi connectivity index (χ3n) is 7.37. The maximum atomic E-state index is 13.7. The molecular weight excluding hydrogens is 463 g/mol. The Hall–Kier alpha value is -2.56. The maximum absolute atomic E-state index is 13.7. The molecular formula is C32H47FN2O2. The fourth-order valence-electron chi connectivity index (χ4n) is 5.19. The second-order valence-corrected chi connectivity index (χ2v) is 10.4. The number of rotatable bonds is 17. The summed E-state index contributed by atoms with van der Waals surface area (Å²) in [6.07, 6.45) is 28.0. The second kappa shape index (κ2) is 17.0. The summed E-state index contributed by atoms with van der Waals surface area (Å²) in [5.74, 6) is -0.232. The van der Waals surface area contributed by atoms with E-state index in [1.807, 2.05) is 11.1 Å². The number of nitrogens with one attached hydrogen (secondary N) is 1. The van der Waals surface area contributed by atoms with Crippen molar-refractivity contribution in [3.05, 3.63) is 60.1 Å². The number of likely N-dealkylation sites (tertiary alicyclic amines) is 1. The molecule has 0 bridgehead atoms. The molecule has 1 atom stereocenters. The van der Waals surface area contributed by atoms with Crippen LogP contribution in [0, 0.1) is 5.82 Å². The Kier molecular flexibility index (Phi) is 13.4. The van der Waals surface area contributed by atoms with Crippen LogP contribution in [0.2, 0.25) is 0 Å². The molecule has 4 nitrogen and oxygen atoms in total. The van der Waals surface area contributed by atoms with E-state index in [1.165, 1.54) is 63.9 Å². The quantitative estimate of drug-likeness (QED) is 0.170. The van der Waals surface area contributed by atoms with Crippen LogP contribution in [-0.2, 0) is 11.2 Å². The van der Waals surface area contributed by atoms with Crippen LogP contribution < -0.4 is 0 Å². The zero-order chi connectivity index (χ0) is 26.1. The van der Waals surface area contributed by atoms with Crippen molar-refractivity contribution in [2.24, 2.45) is 0 Å². The second-order valence-electron chi connectivity index (χ2n) is 10.4. The number of amides is 1. The van der Waals surface area contributed by atoms with Crippen LogP contribution in [0.15, 0.2) is 48.7 Å². The molecule has 204 valence electrons. The molecule has 1 amide bonds. The normalized spacial score (nSPS) is 16.1. The van der Waals surface area contributed by atoms with E-state index in [4.69, 9.17) is 4.74 Å². The first-order chi connectivity index (χ1) is 18.2. The number of carbonyl (C=O) groups excluding carboxylic acids is 1. The van der Waals surface area contributed by atoms with E-state index in [1.54, 1.807) is 12.1 Å². The number of ether oxygens (including phenoxy) is 1. The molecule has 1 aromatic heterocycles. The minimum atomic E-state index is -0.232. The van der Waals surface area contributed by atoms with Crippen molar-refractivity contribution in [1.29, 1.82) is 0 Å². The van der Waals surface area contributed by atoms with Gasteiger partial charge in [-0.25, -0.2) is 9.18 Å². The number of aromatic nitrogens is 1. The van der Waals surface area contributed by atoms with E-state index in [0.29, 0.717) is 6.61 Å². The van der Waals surface area contributed by atoms with Gasteiger partial charge in [0.2, 0.25) is 0 Å². The fraction of sp³-hybridized carbons (Fsp3) is 0.594. The minimum absolute atomic E-state index is 0.116. The van der Waals surface area contributed by atoms with E-state index in [2.05, 4.69) is 36.2 Å². The summed E-state index contributed by atoms with van der Waals surface area (Å²) < 4.78 is 19.3. The largest absolute Gasteiger partial charge is 0.449 e. The topological polar surface area (TPSA) is 45.3 Å². The summed E-state index contributed by atoms with van der Waals surface area (Å²) in [7, 11) is 0. The number of H-pyrrole nitrogens is 1. The molecule has 1 aliphatic heterocycles. The average molecular weight is 511 g/mol. The Balaban J connectivity index is 1.21. The first-order valence-corrected chi connectivity index (χ1v) is 14.7. The minimum Gasteiger partial charge on any atom is -0.449 e. The number of carbonyl (C=O) groups is 1. The number of aromatic amines is 1. The van der Waals surface area contributed by atoms with Gasteiger partial charge in [0, 0.05) is 29.7 Å². The Morgan fingerprint density at radius 3 is 2.54 bits per heavy atom. The van der Waals surface area contributed by atoms with Crippen LogP contribution in [0.1, 0.15) is 102 Å². The van der Waals surface area contributed by atoms with Gasteiger partial charge in [0.1, 0.15) is 5.82 Å². The molecule has 3 rings (SSSR count).